The number of nitrogens with one attached hydrogen (secondary N) is 1. The van der Waals surface area contributed by atoms with Gasteiger partial charge in [0.05, 0.1) is 13.4 Å². The molecule has 0 fully saturated rings. The molecular formula is C27H25NO3. The molecule has 156 valence electrons. The molecule has 4 rings (SSSR count). The Hall–Kier alpha value is -3.79. The minimum atomic E-state index is -0.119. The highest BCUT2D eigenvalue weighted by molar-refractivity contribution is 6.00. The van der Waals surface area contributed by atoms with Crippen LogP contribution in [0.5, 0.6) is 5.75 Å². The van der Waals surface area contributed by atoms with Gasteiger partial charge in [-0.15, -0.1) is 0 Å². The molecule has 0 atom stereocenters. The fourth-order valence-corrected chi connectivity index (χ4v) is 3.67. The number of allylic oxidation sites excluding steroid dienone is 1. The molecular weight excluding hydrogens is 386 g/mol. The Morgan fingerprint density at radius 1 is 1.03 bits per heavy atom. The number of benzene rings is 3. The molecule has 0 spiro atoms. The van der Waals surface area contributed by atoms with Crippen LogP contribution in [0.15, 0.2) is 89.6 Å². The summed E-state index contributed by atoms with van der Waals surface area (Å²) >= 11 is 0. The van der Waals surface area contributed by atoms with Crippen LogP contribution in [0.3, 0.4) is 0 Å². The van der Waals surface area contributed by atoms with Gasteiger partial charge in [-0.05, 0) is 36.1 Å². The molecule has 0 aliphatic heterocycles. The van der Waals surface area contributed by atoms with Gasteiger partial charge >= 0.3 is 0 Å². The van der Waals surface area contributed by atoms with E-state index in [0.29, 0.717) is 12.3 Å². The van der Waals surface area contributed by atoms with Gasteiger partial charge < -0.3 is 14.5 Å². The molecule has 31 heavy (non-hydrogen) atoms. The summed E-state index contributed by atoms with van der Waals surface area (Å²) in [4.78, 5) is 12.5. The summed E-state index contributed by atoms with van der Waals surface area (Å²) in [5, 5.41) is 3.95. The van der Waals surface area contributed by atoms with E-state index in [1.54, 1.807) is 19.4 Å². The number of furan rings is 1. The highest BCUT2D eigenvalue weighted by atomic mass is 16.5. The van der Waals surface area contributed by atoms with Crippen LogP contribution in [0.2, 0.25) is 0 Å². The Morgan fingerprint density at radius 3 is 2.45 bits per heavy atom. The Kier molecular flexibility index (Phi) is 6.18. The molecule has 0 aliphatic carbocycles. The standard InChI is InChI=1S/C27H25NO3/c1-19(15-27(29)28-14-13-20-9-5-3-6-10-20)22-16-23-24(21-11-7-4-8-12-21)18-31-26(23)17-25(22)30-2/h3-12,15-18H,13-14H2,1-2H3,(H,28,29)/b19-15+. The second-order valence-corrected chi connectivity index (χ2v) is 7.42. The number of carbonyl (C=O) groups is 1. The van der Waals surface area contributed by atoms with Crippen molar-refractivity contribution in [1.82, 2.24) is 5.32 Å². The maximum atomic E-state index is 12.5. The first-order chi connectivity index (χ1) is 15.2. The van der Waals surface area contributed by atoms with Crippen molar-refractivity contribution in [2.75, 3.05) is 13.7 Å². The lowest BCUT2D eigenvalue weighted by Gasteiger charge is -2.10. The second kappa shape index (κ2) is 9.35. The van der Waals surface area contributed by atoms with Gasteiger partial charge in [-0.25, -0.2) is 0 Å². The van der Waals surface area contributed by atoms with Crippen LogP contribution < -0.4 is 10.1 Å². The van der Waals surface area contributed by atoms with Crippen molar-refractivity contribution in [3.63, 3.8) is 0 Å². The van der Waals surface area contributed by atoms with Gasteiger partial charge in [0.25, 0.3) is 0 Å². The van der Waals surface area contributed by atoms with Crippen molar-refractivity contribution in [2.45, 2.75) is 13.3 Å². The Morgan fingerprint density at radius 2 is 1.74 bits per heavy atom. The van der Waals surface area contributed by atoms with Crippen LogP contribution in [0.4, 0.5) is 0 Å². The summed E-state index contributed by atoms with van der Waals surface area (Å²) in [6.45, 7) is 2.51. The molecule has 0 aliphatic rings. The van der Waals surface area contributed by atoms with Crippen molar-refractivity contribution < 1.29 is 13.9 Å². The molecule has 4 nitrogen and oxygen atoms in total. The molecule has 4 aromatic rings. The molecule has 0 saturated heterocycles. The summed E-state index contributed by atoms with van der Waals surface area (Å²) in [6, 6.07) is 24.1. The van der Waals surface area contributed by atoms with E-state index in [2.05, 4.69) is 29.6 Å². The van der Waals surface area contributed by atoms with Crippen molar-refractivity contribution >= 4 is 22.4 Å². The first kappa shape index (κ1) is 20.5. The molecule has 1 N–H and O–H groups in total. The van der Waals surface area contributed by atoms with Crippen molar-refractivity contribution in [2.24, 2.45) is 0 Å². The fourth-order valence-electron chi connectivity index (χ4n) is 3.67. The highest BCUT2D eigenvalue weighted by Crippen LogP contribution is 2.37. The SMILES string of the molecule is COc1cc2occ(-c3ccccc3)c2cc1/C(C)=C/C(=O)NCCc1ccccc1. The number of hydrogen-bond acceptors (Lipinski definition) is 3. The lowest BCUT2D eigenvalue weighted by atomic mass is 9.99. The van der Waals surface area contributed by atoms with Gasteiger partial charge in [0.1, 0.15) is 11.3 Å². The Bertz CT molecular complexity index is 1210. The first-order valence-electron chi connectivity index (χ1n) is 10.3. The van der Waals surface area contributed by atoms with E-state index in [-0.39, 0.29) is 5.91 Å². The van der Waals surface area contributed by atoms with Crippen LogP contribution in [0.25, 0.3) is 27.7 Å². The fraction of sp³-hybridized carbons (Fsp3) is 0.148. The minimum Gasteiger partial charge on any atom is -0.496 e. The van der Waals surface area contributed by atoms with Crippen LogP contribution >= 0.6 is 0 Å². The van der Waals surface area contributed by atoms with E-state index < -0.39 is 0 Å². The summed E-state index contributed by atoms with van der Waals surface area (Å²) < 4.78 is 11.4. The number of methoxy groups -OCH3 is 1. The molecule has 1 aromatic heterocycles. The average molecular weight is 412 g/mol. The summed E-state index contributed by atoms with van der Waals surface area (Å²) in [7, 11) is 1.62. The van der Waals surface area contributed by atoms with Crippen LogP contribution in [-0.4, -0.2) is 19.6 Å². The lowest BCUT2D eigenvalue weighted by Crippen LogP contribution is -2.23. The highest BCUT2D eigenvalue weighted by Gasteiger charge is 2.14. The predicted octanol–water partition coefficient (Wildman–Crippen LogP) is 5.87. The van der Waals surface area contributed by atoms with Crippen molar-refractivity contribution in [3.8, 4) is 16.9 Å². The Labute approximate surface area is 182 Å². The maximum absolute atomic E-state index is 12.5. The quantitative estimate of drug-likeness (QED) is 0.387. The predicted molar refractivity (Wildman–Crippen MR) is 125 cm³/mol. The molecule has 0 bridgehead atoms. The zero-order valence-electron chi connectivity index (χ0n) is 17.7. The smallest absolute Gasteiger partial charge is 0.244 e. The second-order valence-electron chi connectivity index (χ2n) is 7.42. The van der Waals surface area contributed by atoms with Gasteiger partial charge in [0.2, 0.25) is 5.91 Å². The number of fused-ring (bicyclic) bond motifs is 1. The van der Waals surface area contributed by atoms with E-state index in [0.717, 1.165) is 39.7 Å². The Balaban J connectivity index is 1.57. The van der Waals surface area contributed by atoms with Crippen LogP contribution in [0.1, 0.15) is 18.1 Å². The normalized spacial score (nSPS) is 11.5. The van der Waals surface area contributed by atoms with Gasteiger partial charge in [0.15, 0.2) is 0 Å². The zero-order chi connectivity index (χ0) is 21.6. The van der Waals surface area contributed by atoms with Crippen molar-refractivity contribution in [3.05, 3.63) is 96.3 Å². The molecule has 0 unspecified atom stereocenters. The largest absolute Gasteiger partial charge is 0.496 e. The summed E-state index contributed by atoms with van der Waals surface area (Å²) in [5.74, 6) is 0.554. The van der Waals surface area contributed by atoms with Gasteiger partial charge in [0, 0.05) is 35.2 Å². The van der Waals surface area contributed by atoms with E-state index in [1.165, 1.54) is 5.56 Å². The van der Waals surface area contributed by atoms with Gasteiger partial charge in [-0.1, -0.05) is 60.7 Å². The number of carbonyl (C=O) groups excluding carboxylic acids is 1. The van der Waals surface area contributed by atoms with E-state index in [1.807, 2.05) is 55.5 Å². The molecule has 0 saturated carbocycles. The third kappa shape index (κ3) is 4.69. The van der Waals surface area contributed by atoms with Crippen LogP contribution in [0, 0.1) is 0 Å². The molecule has 3 aromatic carbocycles. The minimum absolute atomic E-state index is 0.119. The summed E-state index contributed by atoms with van der Waals surface area (Å²) in [5.41, 5.74) is 5.74. The zero-order valence-corrected chi connectivity index (χ0v) is 17.7. The van der Waals surface area contributed by atoms with Gasteiger partial charge in [-0.2, -0.15) is 0 Å². The molecule has 0 radical (unpaired) electrons. The lowest BCUT2D eigenvalue weighted by molar-refractivity contribution is -0.116. The molecule has 1 heterocycles. The number of hydrogen-bond donors (Lipinski definition) is 1. The molecule has 4 heteroatoms. The third-order valence-corrected chi connectivity index (χ3v) is 5.31. The number of amides is 1. The van der Waals surface area contributed by atoms with Gasteiger partial charge in [-0.3, -0.25) is 4.79 Å². The summed E-state index contributed by atoms with van der Waals surface area (Å²) in [6.07, 6.45) is 4.18. The number of ether oxygens (including phenoxy) is 1. The monoisotopic (exact) mass is 411 g/mol. The van der Waals surface area contributed by atoms with E-state index in [4.69, 9.17) is 9.15 Å². The average Bonchev–Trinajstić information content (AvgIpc) is 3.22. The maximum Gasteiger partial charge on any atom is 0.244 e. The van der Waals surface area contributed by atoms with Crippen LogP contribution in [-0.2, 0) is 11.2 Å². The first-order valence-corrected chi connectivity index (χ1v) is 10.3. The third-order valence-electron chi connectivity index (χ3n) is 5.31. The van der Waals surface area contributed by atoms with Crippen molar-refractivity contribution in [1.29, 1.82) is 0 Å². The number of rotatable bonds is 7. The topological polar surface area (TPSA) is 51.5 Å². The van der Waals surface area contributed by atoms with E-state index >= 15 is 0 Å². The molecule has 1 amide bonds. The van der Waals surface area contributed by atoms with E-state index in [9.17, 15) is 4.79 Å².